The third-order valence-corrected chi connectivity index (χ3v) is 4.20. The normalized spacial score (nSPS) is 17.6. The number of carbonyl (C=O) groups is 1. The van der Waals surface area contributed by atoms with E-state index in [2.05, 4.69) is 9.97 Å². The molecule has 5 heteroatoms. The van der Waals surface area contributed by atoms with Gasteiger partial charge >= 0.3 is 6.01 Å². The van der Waals surface area contributed by atoms with Crippen molar-refractivity contribution in [3.8, 4) is 6.01 Å². The number of likely N-dealkylation sites (tertiary alicyclic amines) is 1. The van der Waals surface area contributed by atoms with Crippen LogP contribution in [0.4, 0.5) is 0 Å². The van der Waals surface area contributed by atoms with E-state index in [0.29, 0.717) is 12.6 Å². The number of rotatable bonds is 3. The Morgan fingerprint density at radius 2 is 1.79 bits per heavy atom. The van der Waals surface area contributed by atoms with E-state index in [9.17, 15) is 4.79 Å². The molecular formula is C19H23N3O2. The summed E-state index contributed by atoms with van der Waals surface area (Å²) in [6.45, 7) is 7.21. The second-order valence-electron chi connectivity index (χ2n) is 6.43. The van der Waals surface area contributed by atoms with Crippen molar-refractivity contribution in [2.45, 2.75) is 39.7 Å². The number of piperidine rings is 1. The fourth-order valence-corrected chi connectivity index (χ4v) is 2.99. The SMILES string of the molecule is Cc1ccc(C(=O)N2CCCC(Oc3nc(C)cc(C)n3)C2)cc1. The Labute approximate surface area is 142 Å². The molecule has 0 saturated carbocycles. The highest BCUT2D eigenvalue weighted by molar-refractivity contribution is 5.94. The second-order valence-corrected chi connectivity index (χ2v) is 6.43. The predicted octanol–water partition coefficient (Wildman–Crippen LogP) is 3.09. The lowest BCUT2D eigenvalue weighted by Gasteiger charge is -2.32. The van der Waals surface area contributed by atoms with Crippen molar-refractivity contribution in [3.63, 3.8) is 0 Å². The highest BCUT2D eigenvalue weighted by Crippen LogP contribution is 2.18. The number of ether oxygens (including phenoxy) is 1. The standard InChI is InChI=1S/C19H23N3O2/c1-13-6-8-16(9-7-13)18(23)22-10-4-5-17(12-22)24-19-20-14(2)11-15(3)21-19/h6-9,11,17H,4-5,10,12H2,1-3H3. The number of aromatic nitrogens is 2. The summed E-state index contributed by atoms with van der Waals surface area (Å²) in [7, 11) is 0. The number of carbonyl (C=O) groups excluding carboxylic acids is 1. The lowest BCUT2D eigenvalue weighted by molar-refractivity contribution is 0.0515. The first-order valence-electron chi connectivity index (χ1n) is 8.36. The molecule has 0 radical (unpaired) electrons. The predicted molar refractivity (Wildman–Crippen MR) is 92.2 cm³/mol. The maximum atomic E-state index is 12.7. The van der Waals surface area contributed by atoms with Gasteiger partial charge in [-0.05, 0) is 51.8 Å². The Balaban J connectivity index is 1.67. The van der Waals surface area contributed by atoms with Crippen LogP contribution >= 0.6 is 0 Å². The van der Waals surface area contributed by atoms with Gasteiger partial charge in [-0.25, -0.2) is 9.97 Å². The number of aryl methyl sites for hydroxylation is 3. The highest BCUT2D eigenvalue weighted by atomic mass is 16.5. The van der Waals surface area contributed by atoms with Crippen LogP contribution in [0, 0.1) is 20.8 Å². The van der Waals surface area contributed by atoms with Gasteiger partial charge in [0.15, 0.2) is 0 Å². The van der Waals surface area contributed by atoms with Gasteiger partial charge in [0.2, 0.25) is 0 Å². The summed E-state index contributed by atoms with van der Waals surface area (Å²) in [5.74, 6) is 0.0599. The fourth-order valence-electron chi connectivity index (χ4n) is 2.99. The first-order valence-corrected chi connectivity index (χ1v) is 8.36. The summed E-state index contributed by atoms with van der Waals surface area (Å²) in [6.07, 6.45) is 1.77. The van der Waals surface area contributed by atoms with Crippen molar-refractivity contribution < 1.29 is 9.53 Å². The molecule has 1 fully saturated rings. The molecule has 2 aromatic rings. The number of benzene rings is 1. The van der Waals surface area contributed by atoms with Gasteiger partial charge in [0, 0.05) is 23.5 Å². The molecule has 1 unspecified atom stereocenters. The molecule has 1 aromatic heterocycles. The van der Waals surface area contributed by atoms with E-state index in [0.717, 1.165) is 41.9 Å². The van der Waals surface area contributed by atoms with Crippen molar-refractivity contribution in [2.24, 2.45) is 0 Å². The van der Waals surface area contributed by atoms with Gasteiger partial charge in [-0.15, -0.1) is 0 Å². The van der Waals surface area contributed by atoms with Crippen LogP contribution in [0.15, 0.2) is 30.3 Å². The molecule has 3 rings (SSSR count). The molecule has 1 saturated heterocycles. The molecule has 1 aliphatic heterocycles. The van der Waals surface area contributed by atoms with Gasteiger partial charge in [-0.3, -0.25) is 4.79 Å². The topological polar surface area (TPSA) is 55.3 Å². The summed E-state index contributed by atoms with van der Waals surface area (Å²) >= 11 is 0. The number of hydrogen-bond donors (Lipinski definition) is 0. The van der Waals surface area contributed by atoms with Crippen LogP contribution in [0.25, 0.3) is 0 Å². The molecule has 126 valence electrons. The van der Waals surface area contributed by atoms with Gasteiger partial charge in [0.25, 0.3) is 5.91 Å². The molecule has 5 nitrogen and oxygen atoms in total. The largest absolute Gasteiger partial charge is 0.458 e. The summed E-state index contributed by atoms with van der Waals surface area (Å²) in [5, 5.41) is 0. The number of hydrogen-bond acceptors (Lipinski definition) is 4. The Hall–Kier alpha value is -2.43. The van der Waals surface area contributed by atoms with Crippen LogP contribution in [0.2, 0.25) is 0 Å². The van der Waals surface area contributed by atoms with Gasteiger partial charge < -0.3 is 9.64 Å². The minimum atomic E-state index is -0.0608. The Morgan fingerprint density at radius 3 is 2.46 bits per heavy atom. The average Bonchev–Trinajstić information content (AvgIpc) is 2.54. The van der Waals surface area contributed by atoms with E-state index in [-0.39, 0.29) is 12.0 Å². The number of amides is 1. The van der Waals surface area contributed by atoms with Crippen LogP contribution in [0.5, 0.6) is 6.01 Å². The monoisotopic (exact) mass is 325 g/mol. The van der Waals surface area contributed by atoms with E-state index >= 15 is 0 Å². The first kappa shape index (κ1) is 16.4. The second kappa shape index (κ2) is 6.99. The minimum absolute atomic E-state index is 0.0599. The van der Waals surface area contributed by atoms with E-state index in [1.165, 1.54) is 0 Å². The molecular weight excluding hydrogens is 302 g/mol. The third-order valence-electron chi connectivity index (χ3n) is 4.20. The third kappa shape index (κ3) is 3.91. The highest BCUT2D eigenvalue weighted by Gasteiger charge is 2.26. The molecule has 1 amide bonds. The van der Waals surface area contributed by atoms with E-state index in [1.54, 1.807) is 0 Å². The van der Waals surface area contributed by atoms with Crippen molar-refractivity contribution in [3.05, 3.63) is 52.8 Å². The molecule has 0 spiro atoms. The van der Waals surface area contributed by atoms with Crippen molar-refractivity contribution in [2.75, 3.05) is 13.1 Å². The molecule has 1 aliphatic rings. The van der Waals surface area contributed by atoms with Crippen molar-refractivity contribution in [1.29, 1.82) is 0 Å². The summed E-state index contributed by atoms with van der Waals surface area (Å²) < 4.78 is 5.94. The zero-order valence-electron chi connectivity index (χ0n) is 14.5. The molecule has 0 N–H and O–H groups in total. The van der Waals surface area contributed by atoms with Gasteiger partial charge in [0.05, 0.1) is 6.54 Å². The van der Waals surface area contributed by atoms with E-state index in [4.69, 9.17) is 4.74 Å². The smallest absolute Gasteiger partial charge is 0.317 e. The first-order chi connectivity index (χ1) is 11.5. The maximum Gasteiger partial charge on any atom is 0.317 e. The minimum Gasteiger partial charge on any atom is -0.458 e. The Bertz CT molecular complexity index is 708. The molecule has 24 heavy (non-hydrogen) atoms. The zero-order chi connectivity index (χ0) is 17.1. The quantitative estimate of drug-likeness (QED) is 0.870. The molecule has 0 bridgehead atoms. The lowest BCUT2D eigenvalue weighted by Crippen LogP contribution is -2.44. The Kier molecular flexibility index (Phi) is 4.79. The summed E-state index contributed by atoms with van der Waals surface area (Å²) in [6, 6.07) is 10.0. The molecule has 1 atom stereocenters. The van der Waals surface area contributed by atoms with Crippen molar-refractivity contribution >= 4 is 5.91 Å². The van der Waals surface area contributed by atoms with Crippen LogP contribution in [0.3, 0.4) is 0 Å². The fraction of sp³-hybridized carbons (Fsp3) is 0.421. The zero-order valence-corrected chi connectivity index (χ0v) is 14.5. The number of nitrogens with zero attached hydrogens (tertiary/aromatic N) is 3. The van der Waals surface area contributed by atoms with Crippen LogP contribution in [-0.2, 0) is 0 Å². The molecule has 2 heterocycles. The maximum absolute atomic E-state index is 12.7. The lowest BCUT2D eigenvalue weighted by atomic mass is 10.1. The van der Waals surface area contributed by atoms with Crippen LogP contribution < -0.4 is 4.74 Å². The average molecular weight is 325 g/mol. The van der Waals surface area contributed by atoms with Gasteiger partial charge in [-0.1, -0.05) is 17.7 Å². The van der Waals surface area contributed by atoms with E-state index in [1.807, 2.05) is 56.0 Å². The van der Waals surface area contributed by atoms with Gasteiger partial charge in [-0.2, -0.15) is 0 Å². The van der Waals surface area contributed by atoms with E-state index < -0.39 is 0 Å². The summed E-state index contributed by atoms with van der Waals surface area (Å²) in [5.41, 5.74) is 3.66. The Morgan fingerprint density at radius 1 is 1.12 bits per heavy atom. The summed E-state index contributed by atoms with van der Waals surface area (Å²) in [4.78, 5) is 23.2. The molecule has 0 aliphatic carbocycles. The van der Waals surface area contributed by atoms with Crippen LogP contribution in [0.1, 0.15) is 40.2 Å². The van der Waals surface area contributed by atoms with Crippen LogP contribution in [-0.4, -0.2) is 40.0 Å². The van der Waals surface area contributed by atoms with Crippen molar-refractivity contribution in [1.82, 2.24) is 14.9 Å². The molecule has 1 aromatic carbocycles. The van der Waals surface area contributed by atoms with Gasteiger partial charge in [0.1, 0.15) is 6.10 Å².